The van der Waals surface area contributed by atoms with Crippen LogP contribution in [0.25, 0.3) is 0 Å². The molecule has 2 unspecified atom stereocenters. The van der Waals surface area contributed by atoms with E-state index in [1.54, 1.807) is 6.20 Å². The standard InChI is InChI=1S/C18H25ClN4O/c19-15-11-20-18(22-8-3-4-9-22)21-16(15)17(24)23-10-7-13-5-1-2-6-14(13)12-23/h11,13-14H,1-10,12H2. The largest absolute Gasteiger partial charge is 0.341 e. The van der Waals surface area contributed by atoms with Crippen molar-refractivity contribution >= 4 is 23.5 Å². The van der Waals surface area contributed by atoms with Crippen molar-refractivity contribution in [1.82, 2.24) is 14.9 Å². The Kier molecular flexibility index (Phi) is 4.61. The molecule has 1 aromatic heterocycles. The molecule has 130 valence electrons. The molecule has 3 fully saturated rings. The Hall–Kier alpha value is -1.36. The van der Waals surface area contributed by atoms with Gasteiger partial charge in [-0.15, -0.1) is 0 Å². The summed E-state index contributed by atoms with van der Waals surface area (Å²) in [5.41, 5.74) is 0.378. The highest BCUT2D eigenvalue weighted by molar-refractivity contribution is 6.33. The van der Waals surface area contributed by atoms with Gasteiger partial charge in [0.25, 0.3) is 5.91 Å². The summed E-state index contributed by atoms with van der Waals surface area (Å²) in [5, 5.41) is 0.369. The summed E-state index contributed by atoms with van der Waals surface area (Å²) in [6, 6.07) is 0. The molecule has 6 heteroatoms. The predicted octanol–water partition coefficient (Wildman–Crippen LogP) is 3.38. The summed E-state index contributed by atoms with van der Waals surface area (Å²) in [4.78, 5) is 26.0. The van der Waals surface area contributed by atoms with Crippen molar-refractivity contribution in [2.75, 3.05) is 31.1 Å². The van der Waals surface area contributed by atoms with Crippen LogP contribution >= 0.6 is 11.6 Å². The molecule has 5 nitrogen and oxygen atoms in total. The molecule has 0 aromatic carbocycles. The van der Waals surface area contributed by atoms with Crippen molar-refractivity contribution in [3.63, 3.8) is 0 Å². The first kappa shape index (κ1) is 16.1. The van der Waals surface area contributed by atoms with E-state index >= 15 is 0 Å². The van der Waals surface area contributed by atoms with Gasteiger partial charge in [0.15, 0.2) is 5.69 Å². The number of aromatic nitrogens is 2. The second kappa shape index (κ2) is 6.87. The lowest BCUT2D eigenvalue weighted by atomic mass is 9.75. The maximum atomic E-state index is 13.0. The Morgan fingerprint density at radius 3 is 2.58 bits per heavy atom. The zero-order valence-corrected chi connectivity index (χ0v) is 14.8. The fourth-order valence-corrected chi connectivity index (χ4v) is 4.68. The van der Waals surface area contributed by atoms with Gasteiger partial charge in [0.1, 0.15) is 0 Å². The number of halogens is 1. The number of hydrogen-bond acceptors (Lipinski definition) is 4. The van der Waals surface area contributed by atoms with E-state index in [1.807, 2.05) is 4.90 Å². The number of anilines is 1. The molecule has 3 aliphatic rings. The van der Waals surface area contributed by atoms with Gasteiger partial charge in [0, 0.05) is 26.2 Å². The van der Waals surface area contributed by atoms with Crippen LogP contribution in [0.3, 0.4) is 0 Å². The van der Waals surface area contributed by atoms with E-state index in [0.29, 0.717) is 22.6 Å². The first-order valence-electron chi connectivity index (χ1n) is 9.29. The Morgan fingerprint density at radius 2 is 1.79 bits per heavy atom. The average molecular weight is 349 g/mol. The lowest BCUT2D eigenvalue weighted by Crippen LogP contribution is -2.45. The Morgan fingerprint density at radius 1 is 1.04 bits per heavy atom. The van der Waals surface area contributed by atoms with Gasteiger partial charge >= 0.3 is 0 Å². The molecular formula is C18H25ClN4O. The molecule has 1 aromatic rings. The molecule has 24 heavy (non-hydrogen) atoms. The third-order valence-electron chi connectivity index (χ3n) is 5.90. The van der Waals surface area contributed by atoms with Crippen LogP contribution in [0.4, 0.5) is 5.95 Å². The third kappa shape index (κ3) is 3.10. The highest BCUT2D eigenvalue weighted by atomic mass is 35.5. The second-order valence-electron chi connectivity index (χ2n) is 7.41. The normalized spacial score (nSPS) is 27.2. The summed E-state index contributed by atoms with van der Waals surface area (Å²) < 4.78 is 0. The number of fused-ring (bicyclic) bond motifs is 1. The van der Waals surface area contributed by atoms with Gasteiger partial charge in [0.2, 0.25) is 5.95 Å². The molecule has 1 amide bonds. The topological polar surface area (TPSA) is 49.3 Å². The zero-order valence-electron chi connectivity index (χ0n) is 14.1. The van der Waals surface area contributed by atoms with Crippen LogP contribution in [0.2, 0.25) is 5.02 Å². The first-order valence-corrected chi connectivity index (χ1v) is 9.67. The molecule has 0 bridgehead atoms. The van der Waals surface area contributed by atoms with Crippen LogP contribution in [0.5, 0.6) is 0 Å². The minimum absolute atomic E-state index is 0.0214. The van der Waals surface area contributed by atoms with E-state index < -0.39 is 0 Å². The van der Waals surface area contributed by atoms with Crippen LogP contribution < -0.4 is 4.90 Å². The van der Waals surface area contributed by atoms with Crippen LogP contribution in [0, 0.1) is 11.8 Å². The Labute approximate surface area is 148 Å². The van der Waals surface area contributed by atoms with E-state index in [1.165, 1.54) is 25.7 Å². The smallest absolute Gasteiger partial charge is 0.274 e. The minimum Gasteiger partial charge on any atom is -0.341 e. The van der Waals surface area contributed by atoms with E-state index in [0.717, 1.165) is 51.4 Å². The van der Waals surface area contributed by atoms with Crippen LogP contribution in [-0.4, -0.2) is 47.0 Å². The lowest BCUT2D eigenvalue weighted by Gasteiger charge is -2.41. The maximum absolute atomic E-state index is 13.0. The monoisotopic (exact) mass is 348 g/mol. The number of hydrogen-bond donors (Lipinski definition) is 0. The number of carbonyl (C=O) groups excluding carboxylic acids is 1. The molecule has 0 spiro atoms. The number of rotatable bonds is 2. The van der Waals surface area contributed by atoms with E-state index in [9.17, 15) is 4.79 Å². The molecule has 3 heterocycles. The SMILES string of the molecule is O=C(c1nc(N2CCCC2)ncc1Cl)N1CCC2CCCCC2C1. The number of amides is 1. The predicted molar refractivity (Wildman–Crippen MR) is 94.5 cm³/mol. The van der Waals surface area contributed by atoms with Gasteiger partial charge in [-0.3, -0.25) is 4.79 Å². The van der Waals surface area contributed by atoms with Crippen molar-refractivity contribution in [2.24, 2.45) is 11.8 Å². The molecule has 2 aliphatic heterocycles. The molecule has 2 saturated heterocycles. The van der Waals surface area contributed by atoms with Gasteiger partial charge < -0.3 is 9.80 Å². The number of piperidine rings is 1. The summed E-state index contributed by atoms with van der Waals surface area (Å²) in [7, 11) is 0. The van der Waals surface area contributed by atoms with E-state index in [4.69, 9.17) is 11.6 Å². The quantitative estimate of drug-likeness (QED) is 0.822. The van der Waals surface area contributed by atoms with Crippen LogP contribution in [-0.2, 0) is 0 Å². The summed E-state index contributed by atoms with van der Waals surface area (Å²) >= 11 is 6.26. The first-order chi connectivity index (χ1) is 11.7. The van der Waals surface area contributed by atoms with Crippen molar-refractivity contribution < 1.29 is 4.79 Å². The van der Waals surface area contributed by atoms with Crippen LogP contribution in [0.1, 0.15) is 55.4 Å². The molecule has 0 N–H and O–H groups in total. The van der Waals surface area contributed by atoms with Crippen molar-refractivity contribution in [1.29, 1.82) is 0 Å². The fourth-order valence-electron chi connectivity index (χ4n) is 4.51. The number of carbonyl (C=O) groups is 1. The van der Waals surface area contributed by atoms with Gasteiger partial charge in [-0.2, -0.15) is 0 Å². The van der Waals surface area contributed by atoms with Gasteiger partial charge in [-0.05, 0) is 37.5 Å². The van der Waals surface area contributed by atoms with E-state index in [2.05, 4.69) is 14.9 Å². The molecular weight excluding hydrogens is 324 g/mol. The molecule has 0 radical (unpaired) electrons. The average Bonchev–Trinajstić information content (AvgIpc) is 3.16. The minimum atomic E-state index is -0.0214. The van der Waals surface area contributed by atoms with Crippen LogP contribution in [0.15, 0.2) is 6.20 Å². The van der Waals surface area contributed by atoms with Crippen molar-refractivity contribution in [3.05, 3.63) is 16.9 Å². The Bertz CT molecular complexity index is 617. The lowest BCUT2D eigenvalue weighted by molar-refractivity contribution is 0.0515. The van der Waals surface area contributed by atoms with Gasteiger partial charge in [-0.1, -0.05) is 30.9 Å². The Balaban J connectivity index is 1.52. The third-order valence-corrected chi connectivity index (χ3v) is 6.18. The molecule has 1 aliphatic carbocycles. The highest BCUT2D eigenvalue weighted by Gasteiger charge is 2.34. The summed E-state index contributed by atoms with van der Waals surface area (Å²) in [5.74, 6) is 2.10. The summed E-state index contributed by atoms with van der Waals surface area (Å²) in [6.45, 7) is 3.62. The fraction of sp³-hybridized carbons (Fsp3) is 0.722. The maximum Gasteiger partial charge on any atom is 0.274 e. The van der Waals surface area contributed by atoms with Gasteiger partial charge in [-0.25, -0.2) is 9.97 Å². The molecule has 2 atom stereocenters. The zero-order chi connectivity index (χ0) is 16.5. The second-order valence-corrected chi connectivity index (χ2v) is 7.81. The van der Waals surface area contributed by atoms with E-state index in [-0.39, 0.29) is 5.91 Å². The highest BCUT2D eigenvalue weighted by Crippen LogP contribution is 2.36. The molecule has 4 rings (SSSR count). The van der Waals surface area contributed by atoms with Crippen molar-refractivity contribution in [2.45, 2.75) is 44.9 Å². The van der Waals surface area contributed by atoms with Gasteiger partial charge in [0.05, 0.1) is 11.2 Å². The van der Waals surface area contributed by atoms with Crippen molar-refractivity contribution in [3.8, 4) is 0 Å². The summed E-state index contributed by atoms with van der Waals surface area (Å²) in [6.07, 6.45) is 10.3. The number of nitrogens with zero attached hydrogens (tertiary/aromatic N) is 4. The molecule has 1 saturated carbocycles. The number of likely N-dealkylation sites (tertiary alicyclic amines) is 1.